The quantitative estimate of drug-likeness (QED) is 0.813. The molecule has 3 rings (SSSR count). The molecule has 0 bridgehead atoms. The van der Waals surface area contributed by atoms with Gasteiger partial charge in [-0.2, -0.15) is 0 Å². The minimum absolute atomic E-state index is 0.149. The number of carbonyl (C=O) groups excluding carboxylic acids is 1. The SMILES string of the molecule is Cc1cc(C(=O)NCc2c(C)cc(C)[nH]c2=O)c(C)c(N(C)C2CCOCC2)c1. The number of carbonyl (C=O) groups is 1. The molecule has 1 amide bonds. The first-order valence-corrected chi connectivity index (χ1v) is 10.2. The van der Waals surface area contributed by atoms with Gasteiger partial charge in [0, 0.05) is 55.4 Å². The van der Waals surface area contributed by atoms with E-state index < -0.39 is 0 Å². The van der Waals surface area contributed by atoms with Crippen LogP contribution in [0.25, 0.3) is 0 Å². The number of rotatable bonds is 5. The zero-order valence-corrected chi connectivity index (χ0v) is 18.0. The fraction of sp³-hybridized carbons (Fsp3) is 0.478. The topological polar surface area (TPSA) is 74.4 Å². The van der Waals surface area contributed by atoms with Gasteiger partial charge in [-0.15, -0.1) is 0 Å². The van der Waals surface area contributed by atoms with Gasteiger partial charge in [-0.3, -0.25) is 9.59 Å². The molecule has 29 heavy (non-hydrogen) atoms. The summed E-state index contributed by atoms with van der Waals surface area (Å²) in [6.45, 7) is 9.50. The first-order chi connectivity index (χ1) is 13.8. The number of amides is 1. The fourth-order valence-corrected chi connectivity index (χ4v) is 4.08. The van der Waals surface area contributed by atoms with Crippen LogP contribution in [0.4, 0.5) is 5.69 Å². The fourth-order valence-electron chi connectivity index (χ4n) is 4.08. The zero-order chi connectivity index (χ0) is 21.1. The molecule has 156 valence electrons. The third-order valence-electron chi connectivity index (χ3n) is 5.81. The van der Waals surface area contributed by atoms with Crippen LogP contribution in [0.5, 0.6) is 0 Å². The number of nitrogens with zero attached hydrogens (tertiary/aromatic N) is 1. The van der Waals surface area contributed by atoms with Crippen molar-refractivity contribution >= 4 is 11.6 Å². The van der Waals surface area contributed by atoms with Crippen LogP contribution in [-0.2, 0) is 11.3 Å². The van der Waals surface area contributed by atoms with Crippen LogP contribution in [0.15, 0.2) is 23.0 Å². The van der Waals surface area contributed by atoms with E-state index in [9.17, 15) is 9.59 Å². The van der Waals surface area contributed by atoms with Crippen LogP contribution in [-0.4, -0.2) is 37.2 Å². The van der Waals surface area contributed by atoms with Gasteiger partial charge in [0.1, 0.15) is 0 Å². The molecule has 1 aromatic carbocycles. The van der Waals surface area contributed by atoms with E-state index >= 15 is 0 Å². The summed E-state index contributed by atoms with van der Waals surface area (Å²) in [5.74, 6) is -0.160. The van der Waals surface area contributed by atoms with Gasteiger partial charge in [0.05, 0.1) is 0 Å². The van der Waals surface area contributed by atoms with E-state index in [2.05, 4.69) is 28.3 Å². The number of hydrogen-bond acceptors (Lipinski definition) is 4. The Morgan fingerprint density at radius 3 is 2.52 bits per heavy atom. The molecule has 0 radical (unpaired) electrons. The monoisotopic (exact) mass is 397 g/mol. The number of H-pyrrole nitrogens is 1. The van der Waals surface area contributed by atoms with Crippen molar-refractivity contribution in [2.75, 3.05) is 25.2 Å². The Hall–Kier alpha value is -2.60. The van der Waals surface area contributed by atoms with Gasteiger partial charge >= 0.3 is 0 Å². The molecule has 0 saturated carbocycles. The third kappa shape index (κ3) is 4.70. The Kier molecular flexibility index (Phi) is 6.42. The second-order valence-corrected chi connectivity index (χ2v) is 8.04. The van der Waals surface area contributed by atoms with Crippen molar-refractivity contribution < 1.29 is 9.53 Å². The van der Waals surface area contributed by atoms with E-state index in [0.29, 0.717) is 17.2 Å². The van der Waals surface area contributed by atoms with E-state index in [1.807, 2.05) is 39.8 Å². The number of aromatic nitrogens is 1. The number of pyridine rings is 1. The van der Waals surface area contributed by atoms with E-state index in [1.54, 1.807) is 0 Å². The largest absolute Gasteiger partial charge is 0.381 e. The normalized spacial score (nSPS) is 14.7. The lowest BCUT2D eigenvalue weighted by Crippen LogP contribution is -2.37. The molecule has 0 aliphatic carbocycles. The summed E-state index contributed by atoms with van der Waals surface area (Å²) in [5, 5.41) is 2.93. The summed E-state index contributed by atoms with van der Waals surface area (Å²) in [6.07, 6.45) is 1.97. The van der Waals surface area contributed by atoms with Crippen molar-refractivity contribution in [2.45, 2.75) is 53.1 Å². The van der Waals surface area contributed by atoms with Gasteiger partial charge in [-0.25, -0.2) is 0 Å². The number of ether oxygens (including phenoxy) is 1. The molecule has 0 atom stereocenters. The molecule has 6 heteroatoms. The smallest absolute Gasteiger partial charge is 0.253 e. The molecule has 1 aromatic heterocycles. The summed E-state index contributed by atoms with van der Waals surface area (Å²) < 4.78 is 5.48. The Labute approximate surface area is 172 Å². The lowest BCUT2D eigenvalue weighted by atomic mass is 9.99. The van der Waals surface area contributed by atoms with E-state index in [-0.39, 0.29) is 18.0 Å². The molecule has 0 unspecified atom stereocenters. The number of benzene rings is 1. The minimum Gasteiger partial charge on any atom is -0.381 e. The summed E-state index contributed by atoms with van der Waals surface area (Å²) in [7, 11) is 2.09. The standard InChI is InChI=1S/C23H31N3O3/c1-14-10-19(17(4)21(11-14)26(5)18-6-8-29-9-7-18)22(27)24-13-20-15(2)12-16(3)25-23(20)28/h10-12,18H,6-9,13H2,1-5H3,(H,24,27)(H,25,28). The molecule has 0 spiro atoms. The van der Waals surface area contributed by atoms with Crippen LogP contribution in [0, 0.1) is 27.7 Å². The summed E-state index contributed by atoms with van der Waals surface area (Å²) in [6, 6.07) is 6.38. The number of aromatic amines is 1. The molecule has 6 nitrogen and oxygen atoms in total. The van der Waals surface area contributed by atoms with Crippen molar-refractivity contribution in [3.8, 4) is 0 Å². The van der Waals surface area contributed by atoms with Gasteiger partial charge in [0.15, 0.2) is 0 Å². The molecular weight excluding hydrogens is 366 g/mol. The Balaban J connectivity index is 1.82. The summed E-state index contributed by atoms with van der Waals surface area (Å²) in [5.41, 5.74) is 5.87. The maximum atomic E-state index is 13.0. The minimum atomic E-state index is -0.160. The molecule has 2 heterocycles. The highest BCUT2D eigenvalue weighted by atomic mass is 16.5. The van der Waals surface area contributed by atoms with Crippen molar-refractivity contribution in [2.24, 2.45) is 0 Å². The van der Waals surface area contributed by atoms with Crippen LogP contribution in [0.1, 0.15) is 51.1 Å². The van der Waals surface area contributed by atoms with Gasteiger partial charge in [-0.1, -0.05) is 0 Å². The van der Waals surface area contributed by atoms with Crippen LogP contribution >= 0.6 is 0 Å². The van der Waals surface area contributed by atoms with Crippen molar-refractivity contribution in [3.63, 3.8) is 0 Å². The van der Waals surface area contributed by atoms with E-state index in [0.717, 1.165) is 54.1 Å². The molecular formula is C23H31N3O3. The highest BCUT2D eigenvalue weighted by Gasteiger charge is 2.22. The number of hydrogen-bond donors (Lipinski definition) is 2. The zero-order valence-electron chi connectivity index (χ0n) is 18.0. The maximum Gasteiger partial charge on any atom is 0.253 e. The lowest BCUT2D eigenvalue weighted by molar-refractivity contribution is 0.0854. The molecule has 2 aromatic rings. The van der Waals surface area contributed by atoms with Crippen molar-refractivity contribution in [1.29, 1.82) is 0 Å². The molecule has 1 saturated heterocycles. The Morgan fingerprint density at radius 1 is 1.17 bits per heavy atom. The highest BCUT2D eigenvalue weighted by Crippen LogP contribution is 2.28. The van der Waals surface area contributed by atoms with Crippen LogP contribution in [0.2, 0.25) is 0 Å². The van der Waals surface area contributed by atoms with Crippen molar-refractivity contribution in [1.82, 2.24) is 10.3 Å². The lowest BCUT2D eigenvalue weighted by Gasteiger charge is -2.34. The van der Waals surface area contributed by atoms with Gasteiger partial charge in [0.25, 0.3) is 11.5 Å². The van der Waals surface area contributed by atoms with E-state index in [4.69, 9.17) is 4.74 Å². The van der Waals surface area contributed by atoms with Crippen LogP contribution in [0.3, 0.4) is 0 Å². The van der Waals surface area contributed by atoms with Crippen LogP contribution < -0.4 is 15.8 Å². The third-order valence-corrected chi connectivity index (χ3v) is 5.81. The van der Waals surface area contributed by atoms with E-state index in [1.165, 1.54) is 0 Å². The average Bonchev–Trinajstić information content (AvgIpc) is 2.68. The van der Waals surface area contributed by atoms with Gasteiger partial charge < -0.3 is 19.9 Å². The first kappa shape index (κ1) is 21.1. The predicted octanol–water partition coefficient (Wildman–Crippen LogP) is 3.15. The molecule has 2 N–H and O–H groups in total. The second kappa shape index (κ2) is 8.82. The second-order valence-electron chi connectivity index (χ2n) is 8.04. The maximum absolute atomic E-state index is 13.0. The highest BCUT2D eigenvalue weighted by molar-refractivity contribution is 5.97. The summed E-state index contributed by atoms with van der Waals surface area (Å²) in [4.78, 5) is 30.3. The molecule has 1 aliphatic heterocycles. The molecule has 1 fully saturated rings. The first-order valence-electron chi connectivity index (χ1n) is 10.2. The number of anilines is 1. The molecule has 1 aliphatic rings. The number of nitrogens with one attached hydrogen (secondary N) is 2. The van der Waals surface area contributed by atoms with Crippen molar-refractivity contribution in [3.05, 3.63) is 62.1 Å². The average molecular weight is 398 g/mol. The Bertz CT molecular complexity index is 959. The summed E-state index contributed by atoms with van der Waals surface area (Å²) >= 11 is 0. The Morgan fingerprint density at radius 2 is 1.86 bits per heavy atom. The van der Waals surface area contributed by atoms with Gasteiger partial charge in [-0.05, 0) is 75.4 Å². The number of aryl methyl sites for hydroxylation is 3. The van der Waals surface area contributed by atoms with Gasteiger partial charge in [0.2, 0.25) is 0 Å². The predicted molar refractivity (Wildman–Crippen MR) is 116 cm³/mol.